The molecule has 1 fully saturated rings. The molecule has 1 aromatic rings. The lowest BCUT2D eigenvalue weighted by molar-refractivity contribution is 0.0461. The van der Waals surface area contributed by atoms with Gasteiger partial charge in [0.2, 0.25) is 0 Å². The molecule has 3 rings (SSSR count). The second-order valence-corrected chi connectivity index (χ2v) is 4.55. The molecule has 1 aromatic carbocycles. The van der Waals surface area contributed by atoms with E-state index in [2.05, 4.69) is 13.0 Å². The van der Waals surface area contributed by atoms with Gasteiger partial charge >= 0.3 is 0 Å². The van der Waals surface area contributed by atoms with Gasteiger partial charge in [0.15, 0.2) is 0 Å². The number of hydrogen-bond donors (Lipinski definition) is 1. The van der Waals surface area contributed by atoms with Crippen LogP contribution in [0.1, 0.15) is 40.2 Å². The summed E-state index contributed by atoms with van der Waals surface area (Å²) in [5.74, 6) is 6.25. The Morgan fingerprint density at radius 3 is 2.87 bits per heavy atom. The van der Waals surface area contributed by atoms with Gasteiger partial charge in [-0.2, -0.15) is 0 Å². The molecule has 1 saturated carbocycles. The molecule has 78 valence electrons. The van der Waals surface area contributed by atoms with Crippen molar-refractivity contribution < 1.29 is 4.79 Å². The minimum atomic E-state index is -0.0223. The van der Waals surface area contributed by atoms with E-state index >= 15 is 0 Å². The van der Waals surface area contributed by atoms with E-state index in [0.717, 1.165) is 18.4 Å². The van der Waals surface area contributed by atoms with Gasteiger partial charge in [-0.1, -0.05) is 17.7 Å². The van der Waals surface area contributed by atoms with Gasteiger partial charge in [-0.05, 0) is 31.4 Å². The molecule has 2 aliphatic rings. The molecule has 3 nitrogen and oxygen atoms in total. The highest BCUT2D eigenvalue weighted by Crippen LogP contribution is 2.44. The van der Waals surface area contributed by atoms with Gasteiger partial charge in [0, 0.05) is 11.5 Å². The Morgan fingerprint density at radius 1 is 1.40 bits per heavy atom. The molecule has 1 unspecified atom stereocenters. The Morgan fingerprint density at radius 2 is 2.20 bits per heavy atom. The number of benzene rings is 1. The molecular weight excluding hydrogens is 188 g/mol. The molecule has 1 heterocycles. The minimum absolute atomic E-state index is 0.0223. The fraction of sp³-hybridized carbons (Fsp3) is 0.417. The maximum atomic E-state index is 11.9. The summed E-state index contributed by atoms with van der Waals surface area (Å²) in [5, 5.41) is 1.42. The maximum Gasteiger partial charge on any atom is 0.268 e. The predicted molar refractivity (Wildman–Crippen MR) is 57.3 cm³/mol. The van der Waals surface area contributed by atoms with Crippen molar-refractivity contribution in [1.82, 2.24) is 5.01 Å². The lowest BCUT2D eigenvalue weighted by Gasteiger charge is -2.46. The van der Waals surface area contributed by atoms with E-state index < -0.39 is 0 Å². The number of hydrogen-bond acceptors (Lipinski definition) is 2. The summed E-state index contributed by atoms with van der Waals surface area (Å²) in [6.07, 6.45) is 2.20. The first-order valence-electron chi connectivity index (χ1n) is 5.37. The third-order valence-corrected chi connectivity index (χ3v) is 3.67. The standard InChI is InChI=1S/C12H14N2O/c1-7-2-3-9-10(6-7)8-4-5-11(8)14(13)12(9)15/h2-3,6,8,11H,4-5,13H2,1H3/t8-,11?/m0/s1. The van der Waals surface area contributed by atoms with Crippen LogP contribution in [-0.2, 0) is 0 Å². The Bertz CT molecular complexity index is 441. The highest BCUT2D eigenvalue weighted by Gasteiger charge is 2.43. The number of carbonyl (C=O) groups excluding carboxylic acids is 1. The van der Waals surface area contributed by atoms with Crippen molar-refractivity contribution in [2.75, 3.05) is 0 Å². The van der Waals surface area contributed by atoms with Crippen LogP contribution in [0, 0.1) is 6.92 Å². The molecule has 2 atom stereocenters. The summed E-state index contributed by atoms with van der Waals surface area (Å²) in [7, 11) is 0. The number of nitrogens with zero attached hydrogens (tertiary/aromatic N) is 1. The van der Waals surface area contributed by atoms with Gasteiger partial charge < -0.3 is 0 Å². The van der Waals surface area contributed by atoms with Gasteiger partial charge in [-0.25, -0.2) is 5.84 Å². The Balaban J connectivity index is 2.17. The molecule has 0 saturated heterocycles. The zero-order chi connectivity index (χ0) is 10.6. The molecule has 0 spiro atoms. The van der Waals surface area contributed by atoms with Crippen molar-refractivity contribution >= 4 is 5.91 Å². The molecule has 0 aromatic heterocycles. The third-order valence-electron chi connectivity index (χ3n) is 3.67. The van der Waals surface area contributed by atoms with E-state index in [9.17, 15) is 4.79 Å². The van der Waals surface area contributed by atoms with Crippen molar-refractivity contribution in [3.8, 4) is 0 Å². The summed E-state index contributed by atoms with van der Waals surface area (Å²) in [5.41, 5.74) is 3.22. The molecule has 3 heteroatoms. The Hall–Kier alpha value is -1.35. The number of aryl methyl sites for hydroxylation is 1. The molecule has 0 radical (unpaired) electrons. The molecule has 2 N–H and O–H groups in total. The van der Waals surface area contributed by atoms with E-state index in [1.54, 1.807) is 0 Å². The minimum Gasteiger partial charge on any atom is -0.273 e. The van der Waals surface area contributed by atoms with Crippen LogP contribution >= 0.6 is 0 Å². The Labute approximate surface area is 88.8 Å². The molecule has 0 bridgehead atoms. The van der Waals surface area contributed by atoms with Crippen molar-refractivity contribution in [2.45, 2.75) is 31.7 Å². The SMILES string of the molecule is Cc1ccc2c(c1)[C@@H]1CCC1N(N)C2=O. The van der Waals surface area contributed by atoms with Gasteiger partial charge in [0.05, 0.1) is 6.04 Å². The van der Waals surface area contributed by atoms with Crippen molar-refractivity contribution in [3.63, 3.8) is 0 Å². The molecule has 1 amide bonds. The van der Waals surface area contributed by atoms with E-state index in [4.69, 9.17) is 5.84 Å². The van der Waals surface area contributed by atoms with Crippen LogP contribution in [0.4, 0.5) is 0 Å². The number of rotatable bonds is 0. The zero-order valence-electron chi connectivity index (χ0n) is 8.73. The predicted octanol–water partition coefficient (Wildman–Crippen LogP) is 1.57. The smallest absolute Gasteiger partial charge is 0.268 e. The van der Waals surface area contributed by atoms with Crippen LogP contribution < -0.4 is 5.84 Å². The maximum absolute atomic E-state index is 11.9. The number of carbonyl (C=O) groups is 1. The van der Waals surface area contributed by atoms with E-state index in [1.165, 1.54) is 16.1 Å². The summed E-state index contributed by atoms with van der Waals surface area (Å²) < 4.78 is 0. The molecule has 15 heavy (non-hydrogen) atoms. The van der Waals surface area contributed by atoms with Gasteiger partial charge in [0.1, 0.15) is 0 Å². The summed E-state index contributed by atoms with van der Waals surface area (Å²) in [4.78, 5) is 11.9. The monoisotopic (exact) mass is 202 g/mol. The van der Waals surface area contributed by atoms with Gasteiger partial charge in [-0.15, -0.1) is 0 Å². The number of fused-ring (bicyclic) bond motifs is 3. The molecule has 1 aliphatic carbocycles. The Kier molecular flexibility index (Phi) is 1.68. The quantitative estimate of drug-likeness (QED) is 0.512. The van der Waals surface area contributed by atoms with Crippen LogP contribution in [0.5, 0.6) is 0 Å². The van der Waals surface area contributed by atoms with Crippen molar-refractivity contribution in [3.05, 3.63) is 34.9 Å². The lowest BCUT2D eigenvalue weighted by Crippen LogP contribution is -2.56. The molecular formula is C12H14N2O. The van der Waals surface area contributed by atoms with Crippen LogP contribution in [0.15, 0.2) is 18.2 Å². The third kappa shape index (κ3) is 1.07. The second kappa shape index (κ2) is 2.83. The van der Waals surface area contributed by atoms with Crippen LogP contribution in [-0.4, -0.2) is 17.0 Å². The average Bonchev–Trinajstić information content (AvgIpc) is 2.13. The number of hydrazine groups is 1. The normalized spacial score (nSPS) is 28.1. The summed E-state index contributed by atoms with van der Waals surface area (Å²) in [6.45, 7) is 2.06. The highest BCUT2D eigenvalue weighted by atomic mass is 16.2. The van der Waals surface area contributed by atoms with Gasteiger partial charge in [-0.3, -0.25) is 9.80 Å². The van der Waals surface area contributed by atoms with E-state index in [-0.39, 0.29) is 11.9 Å². The van der Waals surface area contributed by atoms with Crippen molar-refractivity contribution in [2.24, 2.45) is 5.84 Å². The largest absolute Gasteiger partial charge is 0.273 e. The summed E-state index contributed by atoms with van der Waals surface area (Å²) in [6, 6.07) is 6.26. The van der Waals surface area contributed by atoms with E-state index in [0.29, 0.717) is 5.92 Å². The first-order chi connectivity index (χ1) is 7.18. The first-order valence-corrected chi connectivity index (χ1v) is 5.37. The fourth-order valence-electron chi connectivity index (χ4n) is 2.65. The van der Waals surface area contributed by atoms with E-state index in [1.807, 2.05) is 12.1 Å². The second-order valence-electron chi connectivity index (χ2n) is 4.55. The highest BCUT2D eigenvalue weighted by molar-refractivity contribution is 5.97. The van der Waals surface area contributed by atoms with Crippen molar-refractivity contribution in [1.29, 1.82) is 0 Å². The number of amides is 1. The van der Waals surface area contributed by atoms with Crippen LogP contribution in [0.25, 0.3) is 0 Å². The van der Waals surface area contributed by atoms with Crippen LogP contribution in [0.2, 0.25) is 0 Å². The average molecular weight is 202 g/mol. The lowest BCUT2D eigenvalue weighted by atomic mass is 9.70. The zero-order valence-corrected chi connectivity index (χ0v) is 8.73. The number of nitrogens with two attached hydrogens (primary N) is 1. The van der Waals surface area contributed by atoms with Crippen LogP contribution in [0.3, 0.4) is 0 Å². The first kappa shape index (κ1) is 8.92. The summed E-state index contributed by atoms with van der Waals surface area (Å²) >= 11 is 0. The van der Waals surface area contributed by atoms with Gasteiger partial charge in [0.25, 0.3) is 5.91 Å². The molecule has 1 aliphatic heterocycles. The fourth-order valence-corrected chi connectivity index (χ4v) is 2.65. The topological polar surface area (TPSA) is 46.3 Å².